The van der Waals surface area contributed by atoms with E-state index >= 15 is 0 Å². The first-order chi connectivity index (χ1) is 9.61. The topological polar surface area (TPSA) is 82.8 Å². The Morgan fingerprint density at radius 3 is 2.80 bits per heavy atom. The molecule has 0 aliphatic rings. The summed E-state index contributed by atoms with van der Waals surface area (Å²) in [5.41, 5.74) is 15.7. The largest absolute Gasteiger partial charge is 0.382 e. The van der Waals surface area contributed by atoms with Crippen LogP contribution in [0.2, 0.25) is 0 Å². The molecule has 2 heterocycles. The molecule has 0 fully saturated rings. The van der Waals surface area contributed by atoms with E-state index in [9.17, 15) is 0 Å². The highest BCUT2D eigenvalue weighted by molar-refractivity contribution is 6.07. The maximum absolute atomic E-state index is 6.04. The molecule has 0 saturated carbocycles. The van der Waals surface area contributed by atoms with Crippen LogP contribution in [0.3, 0.4) is 0 Å². The molecule has 0 atom stereocenters. The number of nitrogens with zero attached hydrogens (tertiary/aromatic N) is 3. The molecule has 0 saturated heterocycles. The molecular formula is C15H19N5. The summed E-state index contributed by atoms with van der Waals surface area (Å²) < 4.78 is 2.15. The van der Waals surface area contributed by atoms with Crippen molar-refractivity contribution in [2.45, 2.75) is 26.9 Å². The summed E-state index contributed by atoms with van der Waals surface area (Å²) in [5.74, 6) is 1.01. The van der Waals surface area contributed by atoms with Crippen molar-refractivity contribution < 1.29 is 0 Å². The van der Waals surface area contributed by atoms with Crippen molar-refractivity contribution in [3.8, 4) is 0 Å². The molecule has 104 valence electrons. The highest BCUT2D eigenvalue weighted by atomic mass is 15.1. The number of fused-ring (bicyclic) bond motifs is 3. The first kappa shape index (κ1) is 12.9. The van der Waals surface area contributed by atoms with Crippen molar-refractivity contribution >= 4 is 27.8 Å². The van der Waals surface area contributed by atoms with E-state index in [-0.39, 0.29) is 0 Å². The molecule has 0 aliphatic heterocycles. The fraction of sp³-hybridized carbons (Fsp3) is 0.333. The third-order valence-corrected chi connectivity index (χ3v) is 3.47. The van der Waals surface area contributed by atoms with E-state index in [2.05, 4.69) is 28.4 Å². The zero-order valence-corrected chi connectivity index (χ0v) is 11.8. The summed E-state index contributed by atoms with van der Waals surface area (Å²) in [7, 11) is 0. The van der Waals surface area contributed by atoms with Crippen LogP contribution in [0.4, 0.5) is 5.82 Å². The second-order valence-electron chi connectivity index (χ2n) is 5.50. The number of imidazole rings is 1. The molecule has 4 N–H and O–H groups in total. The number of hydrogen-bond acceptors (Lipinski definition) is 4. The number of pyridine rings is 1. The van der Waals surface area contributed by atoms with Crippen LogP contribution < -0.4 is 11.5 Å². The smallest absolute Gasteiger partial charge is 0.152 e. The van der Waals surface area contributed by atoms with Crippen LogP contribution in [-0.2, 0) is 13.1 Å². The van der Waals surface area contributed by atoms with Gasteiger partial charge in [-0.15, -0.1) is 0 Å². The van der Waals surface area contributed by atoms with Gasteiger partial charge in [0.05, 0.1) is 17.4 Å². The van der Waals surface area contributed by atoms with E-state index in [1.807, 2.05) is 24.5 Å². The lowest BCUT2D eigenvalue weighted by Crippen LogP contribution is -2.05. The highest BCUT2D eigenvalue weighted by Gasteiger charge is 2.15. The lowest BCUT2D eigenvalue weighted by molar-refractivity contribution is 0.533. The SMILES string of the molecule is CC(C)Cn1cnc2c(N)nc3cccc(CN)c3c21. The van der Waals surface area contributed by atoms with Crippen molar-refractivity contribution in [2.24, 2.45) is 11.7 Å². The summed E-state index contributed by atoms with van der Waals surface area (Å²) in [6, 6.07) is 5.97. The number of benzene rings is 1. The van der Waals surface area contributed by atoms with Gasteiger partial charge < -0.3 is 16.0 Å². The lowest BCUT2D eigenvalue weighted by atomic mass is 10.1. The Bertz CT molecular complexity index is 773. The number of nitrogens with two attached hydrogens (primary N) is 2. The van der Waals surface area contributed by atoms with Crippen LogP contribution in [0.25, 0.3) is 21.9 Å². The van der Waals surface area contributed by atoms with Crippen LogP contribution in [-0.4, -0.2) is 14.5 Å². The molecular weight excluding hydrogens is 250 g/mol. The van der Waals surface area contributed by atoms with E-state index in [0.29, 0.717) is 18.3 Å². The third kappa shape index (κ3) is 1.91. The number of aromatic nitrogens is 3. The van der Waals surface area contributed by atoms with Gasteiger partial charge in [-0.25, -0.2) is 9.97 Å². The van der Waals surface area contributed by atoms with Crippen LogP contribution in [0.15, 0.2) is 24.5 Å². The van der Waals surface area contributed by atoms with Crippen LogP contribution in [0.5, 0.6) is 0 Å². The maximum Gasteiger partial charge on any atom is 0.152 e. The number of rotatable bonds is 3. The molecule has 0 spiro atoms. The summed E-state index contributed by atoms with van der Waals surface area (Å²) in [5, 5.41) is 1.07. The van der Waals surface area contributed by atoms with Gasteiger partial charge in [-0.3, -0.25) is 0 Å². The quantitative estimate of drug-likeness (QED) is 0.764. The Kier molecular flexibility index (Phi) is 3.06. The second kappa shape index (κ2) is 4.76. The highest BCUT2D eigenvalue weighted by Crippen LogP contribution is 2.30. The maximum atomic E-state index is 6.04. The Balaban J connectivity index is 2.44. The fourth-order valence-corrected chi connectivity index (χ4v) is 2.67. The summed E-state index contributed by atoms with van der Waals surface area (Å²) >= 11 is 0. The second-order valence-corrected chi connectivity index (χ2v) is 5.50. The van der Waals surface area contributed by atoms with E-state index in [1.54, 1.807) is 0 Å². The van der Waals surface area contributed by atoms with E-state index in [1.165, 1.54) is 0 Å². The summed E-state index contributed by atoms with van der Waals surface area (Å²) in [6.45, 7) is 5.74. The lowest BCUT2D eigenvalue weighted by Gasteiger charge is -2.12. The molecule has 0 unspecified atom stereocenters. The van der Waals surface area contributed by atoms with Gasteiger partial charge in [0.2, 0.25) is 0 Å². The van der Waals surface area contributed by atoms with Gasteiger partial charge in [-0.2, -0.15) is 0 Å². The Morgan fingerprint density at radius 2 is 2.10 bits per heavy atom. The van der Waals surface area contributed by atoms with Gasteiger partial charge in [0.15, 0.2) is 5.82 Å². The van der Waals surface area contributed by atoms with Crippen molar-refractivity contribution in [2.75, 3.05) is 5.73 Å². The monoisotopic (exact) mass is 269 g/mol. The van der Waals surface area contributed by atoms with Crippen molar-refractivity contribution in [1.82, 2.24) is 14.5 Å². The van der Waals surface area contributed by atoms with Crippen LogP contribution >= 0.6 is 0 Å². The minimum atomic E-state index is 0.476. The van der Waals surface area contributed by atoms with Crippen LogP contribution in [0, 0.1) is 5.92 Å². The molecule has 0 aliphatic carbocycles. The molecule has 2 aromatic heterocycles. The average Bonchev–Trinajstić information content (AvgIpc) is 2.82. The molecule has 20 heavy (non-hydrogen) atoms. The first-order valence-corrected chi connectivity index (χ1v) is 6.83. The number of hydrogen-bond donors (Lipinski definition) is 2. The molecule has 5 nitrogen and oxygen atoms in total. The van der Waals surface area contributed by atoms with Crippen molar-refractivity contribution in [1.29, 1.82) is 0 Å². The molecule has 0 amide bonds. The standard InChI is InChI=1S/C15H19N5/c1-9(2)7-20-8-18-13-14(20)12-10(6-16)4-3-5-11(12)19-15(13)17/h3-5,8-9H,6-7,16H2,1-2H3,(H2,17,19). The number of anilines is 1. The number of nitrogen functional groups attached to an aromatic ring is 1. The van der Waals surface area contributed by atoms with Gasteiger partial charge in [-0.1, -0.05) is 26.0 Å². The van der Waals surface area contributed by atoms with E-state index in [0.717, 1.165) is 34.0 Å². The van der Waals surface area contributed by atoms with Gasteiger partial charge in [-0.05, 0) is 17.5 Å². The zero-order chi connectivity index (χ0) is 14.3. The van der Waals surface area contributed by atoms with Gasteiger partial charge >= 0.3 is 0 Å². The Labute approximate surface area is 117 Å². The normalized spacial score (nSPS) is 11.8. The van der Waals surface area contributed by atoms with Crippen molar-refractivity contribution in [3.05, 3.63) is 30.1 Å². The van der Waals surface area contributed by atoms with Gasteiger partial charge in [0, 0.05) is 18.5 Å². The average molecular weight is 269 g/mol. The van der Waals surface area contributed by atoms with Gasteiger partial charge in [0.25, 0.3) is 0 Å². The zero-order valence-electron chi connectivity index (χ0n) is 11.8. The molecule has 0 bridgehead atoms. The van der Waals surface area contributed by atoms with Gasteiger partial charge in [0.1, 0.15) is 5.52 Å². The molecule has 1 aromatic carbocycles. The Hall–Kier alpha value is -2.14. The predicted octanol–water partition coefficient (Wildman–Crippen LogP) is 2.28. The fourth-order valence-electron chi connectivity index (χ4n) is 2.67. The summed E-state index contributed by atoms with van der Waals surface area (Å²) in [4.78, 5) is 8.88. The van der Waals surface area contributed by atoms with Crippen molar-refractivity contribution in [3.63, 3.8) is 0 Å². The first-order valence-electron chi connectivity index (χ1n) is 6.83. The Morgan fingerprint density at radius 1 is 1.30 bits per heavy atom. The van der Waals surface area contributed by atoms with Crippen LogP contribution in [0.1, 0.15) is 19.4 Å². The minimum Gasteiger partial charge on any atom is -0.382 e. The minimum absolute atomic E-state index is 0.476. The van der Waals surface area contributed by atoms with E-state index in [4.69, 9.17) is 11.5 Å². The third-order valence-electron chi connectivity index (χ3n) is 3.47. The molecule has 3 rings (SSSR count). The molecule has 0 radical (unpaired) electrons. The predicted molar refractivity (Wildman–Crippen MR) is 82.2 cm³/mol. The van der Waals surface area contributed by atoms with E-state index < -0.39 is 0 Å². The molecule has 3 aromatic rings. The summed E-state index contributed by atoms with van der Waals surface area (Å²) in [6.07, 6.45) is 1.84. The molecule has 5 heteroatoms.